The van der Waals surface area contributed by atoms with Crippen LogP contribution < -0.4 is 5.32 Å². The van der Waals surface area contributed by atoms with Gasteiger partial charge in [-0.2, -0.15) is 0 Å². The zero-order valence-corrected chi connectivity index (χ0v) is 14.2. The molecule has 0 spiro atoms. The molecule has 0 radical (unpaired) electrons. The van der Waals surface area contributed by atoms with Crippen LogP contribution in [0.3, 0.4) is 0 Å². The molecule has 0 saturated carbocycles. The zero-order valence-electron chi connectivity index (χ0n) is 11.8. The Morgan fingerprint density at radius 1 is 1.33 bits per heavy atom. The van der Waals surface area contributed by atoms with Crippen LogP contribution >= 0.6 is 27.3 Å². The Balaban J connectivity index is 1.76. The standard InChI is InChI=1S/C15H15BrFN3S/c1-9-8-21-15-19-10(2)14(20(9)15)7-18-6-11-5-12(17)3-4-13(11)16/h3-5,8,18H,6-7H2,1-2H3. The number of aromatic nitrogens is 2. The first-order valence-corrected chi connectivity index (χ1v) is 8.30. The monoisotopic (exact) mass is 367 g/mol. The van der Waals surface area contributed by atoms with Crippen molar-refractivity contribution in [1.82, 2.24) is 14.7 Å². The minimum absolute atomic E-state index is 0.216. The number of aryl methyl sites for hydroxylation is 2. The van der Waals surface area contributed by atoms with Crippen LogP contribution in [-0.4, -0.2) is 9.38 Å². The predicted octanol–water partition coefficient (Wildman–Crippen LogP) is 4.20. The first kappa shape index (κ1) is 14.7. The van der Waals surface area contributed by atoms with Crippen LogP contribution in [-0.2, 0) is 13.1 Å². The molecule has 3 nitrogen and oxygen atoms in total. The maximum atomic E-state index is 13.3. The van der Waals surface area contributed by atoms with Crippen molar-refractivity contribution < 1.29 is 4.39 Å². The molecular formula is C15H15BrFN3S. The normalized spacial score (nSPS) is 11.4. The van der Waals surface area contributed by atoms with Crippen LogP contribution in [0.4, 0.5) is 4.39 Å². The van der Waals surface area contributed by atoms with Gasteiger partial charge in [0.15, 0.2) is 4.96 Å². The van der Waals surface area contributed by atoms with Crippen molar-refractivity contribution in [2.45, 2.75) is 26.9 Å². The number of halogens is 2. The maximum Gasteiger partial charge on any atom is 0.194 e. The van der Waals surface area contributed by atoms with E-state index in [1.54, 1.807) is 23.5 Å². The molecular weight excluding hydrogens is 353 g/mol. The summed E-state index contributed by atoms with van der Waals surface area (Å²) in [7, 11) is 0. The number of rotatable bonds is 4. The van der Waals surface area contributed by atoms with Crippen molar-refractivity contribution in [1.29, 1.82) is 0 Å². The van der Waals surface area contributed by atoms with E-state index in [4.69, 9.17) is 0 Å². The van der Waals surface area contributed by atoms with Crippen LogP contribution in [0.2, 0.25) is 0 Å². The second kappa shape index (κ2) is 5.87. The van der Waals surface area contributed by atoms with Crippen molar-refractivity contribution in [3.8, 4) is 0 Å². The zero-order chi connectivity index (χ0) is 15.0. The molecule has 1 aromatic carbocycles. The number of hydrogen-bond acceptors (Lipinski definition) is 3. The Hall–Kier alpha value is -1.24. The first-order valence-electron chi connectivity index (χ1n) is 6.63. The van der Waals surface area contributed by atoms with Gasteiger partial charge in [-0.3, -0.25) is 4.40 Å². The topological polar surface area (TPSA) is 29.3 Å². The van der Waals surface area contributed by atoms with Gasteiger partial charge in [-0.05, 0) is 37.6 Å². The summed E-state index contributed by atoms with van der Waals surface area (Å²) in [6.07, 6.45) is 0. The highest BCUT2D eigenvalue weighted by molar-refractivity contribution is 9.10. The molecule has 0 aliphatic heterocycles. The van der Waals surface area contributed by atoms with E-state index in [9.17, 15) is 4.39 Å². The number of benzene rings is 1. The predicted molar refractivity (Wildman–Crippen MR) is 87.2 cm³/mol. The molecule has 6 heteroatoms. The second-order valence-electron chi connectivity index (χ2n) is 4.98. The lowest BCUT2D eigenvalue weighted by Gasteiger charge is -2.08. The summed E-state index contributed by atoms with van der Waals surface area (Å²) in [5.74, 6) is -0.216. The number of imidazole rings is 1. The Kier molecular flexibility index (Phi) is 4.10. The molecule has 0 fully saturated rings. The Morgan fingerprint density at radius 3 is 2.95 bits per heavy atom. The van der Waals surface area contributed by atoms with Crippen LogP contribution in [0.5, 0.6) is 0 Å². The van der Waals surface area contributed by atoms with Crippen LogP contribution in [0.15, 0.2) is 28.1 Å². The van der Waals surface area contributed by atoms with E-state index in [1.165, 1.54) is 11.8 Å². The van der Waals surface area contributed by atoms with E-state index >= 15 is 0 Å². The van der Waals surface area contributed by atoms with Gasteiger partial charge in [0.25, 0.3) is 0 Å². The molecule has 21 heavy (non-hydrogen) atoms. The van der Waals surface area contributed by atoms with E-state index in [0.29, 0.717) is 13.1 Å². The number of thiazole rings is 1. The highest BCUT2D eigenvalue weighted by atomic mass is 79.9. The van der Waals surface area contributed by atoms with Gasteiger partial charge in [0.05, 0.1) is 11.4 Å². The average Bonchev–Trinajstić information content (AvgIpc) is 2.94. The summed E-state index contributed by atoms with van der Waals surface area (Å²) in [4.78, 5) is 5.59. The van der Waals surface area contributed by atoms with Crippen molar-refractivity contribution in [2.75, 3.05) is 0 Å². The van der Waals surface area contributed by atoms with Crippen molar-refractivity contribution in [3.63, 3.8) is 0 Å². The van der Waals surface area contributed by atoms with Crippen LogP contribution in [0.25, 0.3) is 4.96 Å². The summed E-state index contributed by atoms with van der Waals surface area (Å²) < 4.78 is 16.4. The summed E-state index contributed by atoms with van der Waals surface area (Å²) in [5.41, 5.74) is 4.31. The second-order valence-corrected chi connectivity index (χ2v) is 6.67. The van der Waals surface area contributed by atoms with Crippen molar-refractivity contribution >= 4 is 32.2 Å². The van der Waals surface area contributed by atoms with Crippen LogP contribution in [0.1, 0.15) is 22.6 Å². The molecule has 3 aromatic rings. The molecule has 0 atom stereocenters. The van der Waals surface area contributed by atoms with Gasteiger partial charge in [0.1, 0.15) is 5.82 Å². The van der Waals surface area contributed by atoms with Gasteiger partial charge in [0, 0.05) is 28.6 Å². The lowest BCUT2D eigenvalue weighted by molar-refractivity contribution is 0.617. The third kappa shape index (κ3) is 2.88. The number of nitrogens with one attached hydrogen (secondary N) is 1. The minimum atomic E-state index is -0.216. The molecule has 0 aliphatic rings. The SMILES string of the molecule is Cc1nc2scc(C)n2c1CNCc1cc(F)ccc1Br. The lowest BCUT2D eigenvalue weighted by atomic mass is 10.2. The van der Waals surface area contributed by atoms with E-state index in [-0.39, 0.29) is 5.82 Å². The Bertz CT molecular complexity index is 794. The Morgan fingerprint density at radius 2 is 2.14 bits per heavy atom. The maximum absolute atomic E-state index is 13.3. The molecule has 0 amide bonds. The Labute approximate surface area is 135 Å². The quantitative estimate of drug-likeness (QED) is 0.748. The molecule has 1 N–H and O–H groups in total. The van der Waals surface area contributed by atoms with E-state index in [1.807, 2.05) is 6.92 Å². The largest absolute Gasteiger partial charge is 0.307 e. The molecule has 2 aromatic heterocycles. The molecule has 3 rings (SSSR count). The van der Waals surface area contributed by atoms with Gasteiger partial charge in [-0.25, -0.2) is 9.37 Å². The fourth-order valence-corrected chi connectivity index (χ4v) is 3.69. The first-order chi connectivity index (χ1) is 10.1. The minimum Gasteiger partial charge on any atom is -0.307 e. The van der Waals surface area contributed by atoms with Crippen molar-refractivity contribution in [2.24, 2.45) is 0 Å². The van der Waals surface area contributed by atoms with Gasteiger partial charge >= 0.3 is 0 Å². The van der Waals surface area contributed by atoms with E-state index in [2.05, 4.69) is 42.9 Å². The molecule has 0 saturated heterocycles. The fraction of sp³-hybridized carbons (Fsp3) is 0.267. The molecule has 0 unspecified atom stereocenters. The smallest absolute Gasteiger partial charge is 0.194 e. The summed E-state index contributed by atoms with van der Waals surface area (Å²) in [6, 6.07) is 4.73. The third-order valence-corrected chi connectivity index (χ3v) is 5.16. The molecule has 0 aliphatic carbocycles. The summed E-state index contributed by atoms with van der Waals surface area (Å²) >= 11 is 5.10. The number of fused-ring (bicyclic) bond motifs is 1. The molecule has 110 valence electrons. The van der Waals surface area contributed by atoms with Gasteiger partial charge in [-0.15, -0.1) is 11.3 Å². The van der Waals surface area contributed by atoms with Gasteiger partial charge in [-0.1, -0.05) is 15.9 Å². The lowest BCUT2D eigenvalue weighted by Crippen LogP contribution is -2.15. The molecule has 2 heterocycles. The van der Waals surface area contributed by atoms with Crippen LogP contribution in [0, 0.1) is 19.7 Å². The summed E-state index contributed by atoms with van der Waals surface area (Å²) in [6.45, 7) is 5.41. The highest BCUT2D eigenvalue weighted by Gasteiger charge is 2.12. The highest BCUT2D eigenvalue weighted by Crippen LogP contribution is 2.21. The molecule has 0 bridgehead atoms. The van der Waals surface area contributed by atoms with Crippen molar-refractivity contribution in [3.05, 3.63) is 56.5 Å². The van der Waals surface area contributed by atoms with E-state index < -0.39 is 0 Å². The number of hydrogen-bond donors (Lipinski definition) is 1. The van der Waals surface area contributed by atoms with Gasteiger partial charge < -0.3 is 5.32 Å². The third-order valence-electron chi connectivity index (χ3n) is 3.45. The average molecular weight is 368 g/mol. The van der Waals surface area contributed by atoms with Gasteiger partial charge in [0.2, 0.25) is 0 Å². The fourth-order valence-electron chi connectivity index (χ4n) is 2.37. The van der Waals surface area contributed by atoms with E-state index in [0.717, 1.165) is 26.4 Å². The number of nitrogens with zero attached hydrogens (tertiary/aromatic N) is 2. The summed E-state index contributed by atoms with van der Waals surface area (Å²) in [5, 5.41) is 5.47.